The van der Waals surface area contributed by atoms with Crippen molar-refractivity contribution in [3.8, 4) is 0 Å². The summed E-state index contributed by atoms with van der Waals surface area (Å²) in [6.45, 7) is 1.02. The summed E-state index contributed by atoms with van der Waals surface area (Å²) in [5.74, 6) is -3.94. The zero-order valence-electron chi connectivity index (χ0n) is 15.6. The molecule has 1 aliphatic heterocycles. The van der Waals surface area contributed by atoms with Gasteiger partial charge in [-0.15, -0.1) is 0 Å². The highest BCUT2D eigenvalue weighted by Gasteiger charge is 2.36. The number of nitrogens with two attached hydrogens (primary N) is 2. The lowest BCUT2D eigenvalue weighted by Crippen LogP contribution is -2.56. The Morgan fingerprint density at radius 2 is 1.82 bits per heavy atom. The van der Waals surface area contributed by atoms with E-state index in [0.717, 1.165) is 0 Å². The Kier molecular flexibility index (Phi) is 8.79. The van der Waals surface area contributed by atoms with Gasteiger partial charge in [-0.2, -0.15) is 0 Å². The molecule has 0 aromatic heterocycles. The van der Waals surface area contributed by atoms with Gasteiger partial charge in [0.1, 0.15) is 24.2 Å². The number of aliphatic hydroxyl groups is 1. The van der Waals surface area contributed by atoms with E-state index in [4.69, 9.17) is 16.6 Å². The number of primary amides is 1. The van der Waals surface area contributed by atoms with Crippen LogP contribution >= 0.6 is 0 Å². The first kappa shape index (κ1) is 23.3. The van der Waals surface area contributed by atoms with Crippen molar-refractivity contribution in [3.05, 3.63) is 0 Å². The molecule has 12 heteroatoms. The number of rotatable bonds is 10. The summed E-state index contributed by atoms with van der Waals surface area (Å²) in [7, 11) is 0. The lowest BCUT2D eigenvalue weighted by atomic mass is 10.1. The van der Waals surface area contributed by atoms with Crippen LogP contribution in [0.2, 0.25) is 0 Å². The van der Waals surface area contributed by atoms with Crippen LogP contribution in [0.15, 0.2) is 0 Å². The van der Waals surface area contributed by atoms with Gasteiger partial charge in [0.15, 0.2) is 0 Å². The van der Waals surface area contributed by atoms with Gasteiger partial charge in [-0.05, 0) is 26.2 Å². The minimum Gasteiger partial charge on any atom is -0.480 e. The third-order valence-corrected chi connectivity index (χ3v) is 4.40. The van der Waals surface area contributed by atoms with Gasteiger partial charge in [-0.3, -0.25) is 19.2 Å². The topological polar surface area (TPSA) is 205 Å². The average Bonchev–Trinajstić information content (AvgIpc) is 3.13. The molecule has 12 nitrogen and oxygen atoms in total. The number of aliphatic hydroxyl groups excluding tert-OH is 1. The van der Waals surface area contributed by atoms with E-state index in [1.807, 2.05) is 0 Å². The molecule has 8 N–H and O–H groups in total. The lowest BCUT2D eigenvalue weighted by molar-refractivity contribution is -0.149. The number of aliphatic carboxylic acids is 1. The summed E-state index contributed by atoms with van der Waals surface area (Å²) in [4.78, 5) is 60.2. The van der Waals surface area contributed by atoms with E-state index in [1.54, 1.807) is 0 Å². The van der Waals surface area contributed by atoms with Crippen molar-refractivity contribution in [3.63, 3.8) is 0 Å². The second kappa shape index (κ2) is 10.6. The molecule has 0 spiro atoms. The molecular weight excluding hydrogens is 374 g/mol. The molecule has 0 radical (unpaired) electrons. The van der Waals surface area contributed by atoms with Crippen LogP contribution in [0.3, 0.4) is 0 Å². The first-order valence-electron chi connectivity index (χ1n) is 8.87. The normalized spacial score (nSPS) is 19.4. The molecule has 0 saturated carbocycles. The largest absolute Gasteiger partial charge is 0.480 e. The molecule has 28 heavy (non-hydrogen) atoms. The van der Waals surface area contributed by atoms with Crippen molar-refractivity contribution in [2.75, 3.05) is 13.2 Å². The molecule has 1 fully saturated rings. The highest BCUT2D eigenvalue weighted by molar-refractivity contribution is 5.94. The number of carboxylic acids is 1. The quantitative estimate of drug-likeness (QED) is 0.217. The van der Waals surface area contributed by atoms with E-state index in [0.29, 0.717) is 12.8 Å². The summed E-state index contributed by atoms with van der Waals surface area (Å²) in [5, 5.41) is 22.8. The number of carbonyl (C=O) groups is 5. The summed E-state index contributed by atoms with van der Waals surface area (Å²) >= 11 is 0. The maximum absolute atomic E-state index is 12.5. The fraction of sp³-hybridized carbons (Fsp3) is 0.688. The standard InChI is InChI=1S/C16H27N5O7/c1-8(15(26)21-6-2-3-11(21)16(27)28)19-14(25)10(4-5-12(18)23)20-13(24)9(17)7-22/h8-11,22H,2-7,17H2,1H3,(H2,18,23)(H,19,25)(H,20,24)(H,27,28). The van der Waals surface area contributed by atoms with E-state index in [2.05, 4.69) is 10.6 Å². The number of carbonyl (C=O) groups excluding carboxylic acids is 4. The first-order valence-corrected chi connectivity index (χ1v) is 8.87. The van der Waals surface area contributed by atoms with Crippen molar-refractivity contribution in [2.24, 2.45) is 11.5 Å². The van der Waals surface area contributed by atoms with Crippen LogP contribution in [-0.4, -0.2) is 82.0 Å². The summed E-state index contributed by atoms with van der Waals surface area (Å²) in [6.07, 6.45) is 0.535. The smallest absolute Gasteiger partial charge is 0.326 e. The Labute approximate surface area is 161 Å². The number of carboxylic acid groups (broad SMARTS) is 1. The van der Waals surface area contributed by atoms with Crippen LogP contribution in [0.1, 0.15) is 32.6 Å². The predicted octanol–water partition coefficient (Wildman–Crippen LogP) is -3.36. The minimum atomic E-state index is -1.26. The fourth-order valence-electron chi connectivity index (χ4n) is 2.83. The number of nitrogens with one attached hydrogen (secondary N) is 2. The number of amides is 4. The van der Waals surface area contributed by atoms with Crippen LogP contribution in [0.5, 0.6) is 0 Å². The van der Waals surface area contributed by atoms with Gasteiger partial charge in [-0.25, -0.2) is 4.79 Å². The van der Waals surface area contributed by atoms with Crippen LogP contribution in [0.25, 0.3) is 0 Å². The maximum Gasteiger partial charge on any atom is 0.326 e. The van der Waals surface area contributed by atoms with Gasteiger partial charge in [0.25, 0.3) is 0 Å². The van der Waals surface area contributed by atoms with Gasteiger partial charge < -0.3 is 37.2 Å². The molecule has 1 heterocycles. The van der Waals surface area contributed by atoms with E-state index >= 15 is 0 Å². The third-order valence-electron chi connectivity index (χ3n) is 4.40. The van der Waals surface area contributed by atoms with Crippen LogP contribution in [0.4, 0.5) is 0 Å². The number of hydrogen-bond acceptors (Lipinski definition) is 7. The Bertz CT molecular complexity index is 627. The van der Waals surface area contributed by atoms with E-state index in [-0.39, 0.29) is 19.4 Å². The Morgan fingerprint density at radius 3 is 2.36 bits per heavy atom. The zero-order valence-corrected chi connectivity index (χ0v) is 15.6. The molecule has 1 rings (SSSR count). The van der Waals surface area contributed by atoms with Crippen molar-refractivity contribution in [1.82, 2.24) is 15.5 Å². The Morgan fingerprint density at radius 1 is 1.18 bits per heavy atom. The second-order valence-electron chi connectivity index (χ2n) is 6.61. The first-order chi connectivity index (χ1) is 13.1. The van der Waals surface area contributed by atoms with Crippen LogP contribution in [0, 0.1) is 0 Å². The van der Waals surface area contributed by atoms with Crippen molar-refractivity contribution >= 4 is 29.6 Å². The third kappa shape index (κ3) is 6.46. The molecule has 158 valence electrons. The van der Waals surface area contributed by atoms with E-state index in [9.17, 15) is 29.1 Å². The highest BCUT2D eigenvalue weighted by Crippen LogP contribution is 2.18. The monoisotopic (exact) mass is 401 g/mol. The zero-order chi connectivity index (χ0) is 21.4. The molecule has 1 aliphatic rings. The number of nitrogens with zero attached hydrogens (tertiary/aromatic N) is 1. The molecular formula is C16H27N5O7. The van der Waals surface area contributed by atoms with Gasteiger partial charge in [-0.1, -0.05) is 0 Å². The molecule has 0 aromatic rings. The van der Waals surface area contributed by atoms with Crippen molar-refractivity contribution in [2.45, 2.75) is 56.8 Å². The number of hydrogen-bond donors (Lipinski definition) is 6. The van der Waals surface area contributed by atoms with Gasteiger partial charge >= 0.3 is 5.97 Å². The molecule has 0 bridgehead atoms. The fourth-order valence-corrected chi connectivity index (χ4v) is 2.83. The van der Waals surface area contributed by atoms with E-state index in [1.165, 1.54) is 11.8 Å². The summed E-state index contributed by atoms with van der Waals surface area (Å²) in [5.41, 5.74) is 10.5. The van der Waals surface area contributed by atoms with Crippen molar-refractivity contribution in [1.29, 1.82) is 0 Å². The molecule has 0 aliphatic carbocycles. The lowest BCUT2D eigenvalue weighted by Gasteiger charge is -2.27. The van der Waals surface area contributed by atoms with Gasteiger partial charge in [0, 0.05) is 13.0 Å². The van der Waals surface area contributed by atoms with Gasteiger partial charge in [0.05, 0.1) is 6.61 Å². The van der Waals surface area contributed by atoms with Crippen LogP contribution in [-0.2, 0) is 24.0 Å². The molecule has 4 amide bonds. The molecule has 0 aromatic carbocycles. The molecule has 4 atom stereocenters. The maximum atomic E-state index is 12.5. The van der Waals surface area contributed by atoms with E-state index < -0.39 is 60.4 Å². The minimum absolute atomic E-state index is 0.132. The second-order valence-corrected chi connectivity index (χ2v) is 6.61. The Balaban J connectivity index is 2.78. The summed E-state index contributed by atoms with van der Waals surface area (Å²) in [6, 6.07) is -4.46. The highest BCUT2D eigenvalue weighted by atomic mass is 16.4. The van der Waals surface area contributed by atoms with Crippen LogP contribution < -0.4 is 22.1 Å². The predicted molar refractivity (Wildman–Crippen MR) is 95.4 cm³/mol. The summed E-state index contributed by atoms with van der Waals surface area (Å²) < 4.78 is 0. The number of likely N-dealkylation sites (tertiary alicyclic amines) is 1. The van der Waals surface area contributed by atoms with Crippen molar-refractivity contribution < 1.29 is 34.2 Å². The molecule has 4 unspecified atom stereocenters. The average molecular weight is 401 g/mol. The Hall–Kier alpha value is -2.73. The SMILES string of the molecule is CC(NC(=O)C(CCC(N)=O)NC(=O)C(N)CO)C(=O)N1CCCC1C(=O)O. The molecule has 1 saturated heterocycles. The van der Waals surface area contributed by atoms with Gasteiger partial charge in [0.2, 0.25) is 23.6 Å².